The van der Waals surface area contributed by atoms with Crippen molar-refractivity contribution < 1.29 is 9.90 Å². The molecule has 1 aliphatic carbocycles. The molecule has 2 aromatic rings. The van der Waals surface area contributed by atoms with E-state index in [9.17, 15) is 9.90 Å². The van der Waals surface area contributed by atoms with Crippen LogP contribution in [0.1, 0.15) is 25.3 Å². The van der Waals surface area contributed by atoms with Gasteiger partial charge >= 0.3 is 5.97 Å². The van der Waals surface area contributed by atoms with Gasteiger partial charge in [-0.05, 0) is 22.1 Å². The maximum Gasteiger partial charge on any atom is 0.307 e. The molecule has 1 fully saturated rings. The van der Waals surface area contributed by atoms with Crippen molar-refractivity contribution in [1.29, 1.82) is 0 Å². The predicted molar refractivity (Wildman–Crippen MR) is 79.5 cm³/mol. The Labute approximate surface area is 119 Å². The SMILES string of the molecule is CC1(C)[C@H](C(=O)O)[C@H]1c1ccccc1-c1ccccc1. The molecular formula is C18H18O2. The molecule has 0 amide bonds. The van der Waals surface area contributed by atoms with Crippen LogP contribution in [0.15, 0.2) is 54.6 Å². The molecule has 2 aromatic carbocycles. The lowest BCUT2D eigenvalue weighted by Gasteiger charge is -2.10. The van der Waals surface area contributed by atoms with E-state index < -0.39 is 5.97 Å². The molecule has 1 aliphatic rings. The first kappa shape index (κ1) is 12.9. The quantitative estimate of drug-likeness (QED) is 0.905. The zero-order chi connectivity index (χ0) is 14.3. The maximum atomic E-state index is 11.4. The number of benzene rings is 2. The first-order chi connectivity index (χ1) is 9.53. The largest absolute Gasteiger partial charge is 0.481 e. The van der Waals surface area contributed by atoms with Gasteiger partial charge in [0.1, 0.15) is 0 Å². The molecular weight excluding hydrogens is 248 g/mol. The summed E-state index contributed by atoms with van der Waals surface area (Å²) >= 11 is 0. The zero-order valence-electron chi connectivity index (χ0n) is 11.7. The van der Waals surface area contributed by atoms with Crippen LogP contribution in [0.4, 0.5) is 0 Å². The van der Waals surface area contributed by atoms with Crippen LogP contribution < -0.4 is 0 Å². The van der Waals surface area contributed by atoms with Gasteiger partial charge in [0, 0.05) is 5.92 Å². The number of aliphatic carboxylic acids is 1. The van der Waals surface area contributed by atoms with E-state index in [0.717, 1.165) is 16.7 Å². The van der Waals surface area contributed by atoms with Crippen LogP contribution in [0.2, 0.25) is 0 Å². The molecule has 0 saturated heterocycles. The first-order valence-electron chi connectivity index (χ1n) is 6.90. The van der Waals surface area contributed by atoms with Crippen LogP contribution in [0.3, 0.4) is 0 Å². The van der Waals surface area contributed by atoms with Crippen molar-refractivity contribution in [2.45, 2.75) is 19.8 Å². The highest BCUT2D eigenvalue weighted by Gasteiger charge is 2.63. The van der Waals surface area contributed by atoms with Gasteiger partial charge in [0.05, 0.1) is 5.92 Å². The molecule has 0 bridgehead atoms. The van der Waals surface area contributed by atoms with Crippen LogP contribution in [-0.4, -0.2) is 11.1 Å². The normalized spacial score (nSPS) is 23.3. The van der Waals surface area contributed by atoms with Crippen LogP contribution in [0.5, 0.6) is 0 Å². The van der Waals surface area contributed by atoms with Crippen LogP contribution in [-0.2, 0) is 4.79 Å². The topological polar surface area (TPSA) is 37.3 Å². The van der Waals surface area contributed by atoms with Gasteiger partial charge in [0.25, 0.3) is 0 Å². The summed E-state index contributed by atoms with van der Waals surface area (Å²) in [4.78, 5) is 11.4. The molecule has 1 N–H and O–H groups in total. The fourth-order valence-corrected chi connectivity index (χ4v) is 3.33. The lowest BCUT2D eigenvalue weighted by atomic mass is 9.94. The number of carbonyl (C=O) groups is 1. The molecule has 2 heteroatoms. The minimum atomic E-state index is -0.692. The zero-order valence-corrected chi connectivity index (χ0v) is 11.7. The minimum Gasteiger partial charge on any atom is -0.481 e. The Morgan fingerprint density at radius 3 is 2.20 bits per heavy atom. The van der Waals surface area contributed by atoms with E-state index in [1.165, 1.54) is 0 Å². The van der Waals surface area contributed by atoms with Gasteiger partial charge in [-0.3, -0.25) is 4.79 Å². The predicted octanol–water partition coefficient (Wildman–Crippen LogP) is 4.18. The van der Waals surface area contributed by atoms with Crippen molar-refractivity contribution in [1.82, 2.24) is 0 Å². The van der Waals surface area contributed by atoms with Gasteiger partial charge in [-0.2, -0.15) is 0 Å². The van der Waals surface area contributed by atoms with Crippen molar-refractivity contribution in [3.63, 3.8) is 0 Å². The molecule has 0 aliphatic heterocycles. The van der Waals surface area contributed by atoms with Crippen LogP contribution in [0.25, 0.3) is 11.1 Å². The Balaban J connectivity index is 2.07. The molecule has 0 aromatic heterocycles. The Hall–Kier alpha value is -2.09. The number of rotatable bonds is 3. The fraction of sp³-hybridized carbons (Fsp3) is 0.278. The third-order valence-electron chi connectivity index (χ3n) is 4.47. The minimum absolute atomic E-state index is 0.0939. The monoisotopic (exact) mass is 266 g/mol. The first-order valence-corrected chi connectivity index (χ1v) is 6.90. The van der Waals surface area contributed by atoms with Gasteiger partial charge in [-0.1, -0.05) is 68.4 Å². The van der Waals surface area contributed by atoms with Gasteiger partial charge in [0.15, 0.2) is 0 Å². The lowest BCUT2D eigenvalue weighted by Crippen LogP contribution is -2.03. The van der Waals surface area contributed by atoms with E-state index in [1.807, 2.05) is 44.2 Å². The second kappa shape index (κ2) is 4.48. The standard InChI is InChI=1S/C18H18O2/c1-18(2)15(16(18)17(19)20)14-11-7-6-10-13(14)12-8-4-3-5-9-12/h3-11,15-16H,1-2H3,(H,19,20)/t15-,16+/m1/s1. The van der Waals surface area contributed by atoms with Gasteiger partial charge in [-0.25, -0.2) is 0 Å². The Bertz CT molecular complexity index is 643. The summed E-state index contributed by atoms with van der Waals surface area (Å²) in [6, 6.07) is 18.3. The van der Waals surface area contributed by atoms with Crippen molar-refractivity contribution in [2.75, 3.05) is 0 Å². The van der Waals surface area contributed by atoms with E-state index >= 15 is 0 Å². The Morgan fingerprint density at radius 1 is 1.00 bits per heavy atom. The molecule has 102 valence electrons. The summed E-state index contributed by atoms with van der Waals surface area (Å²) in [6.07, 6.45) is 0. The van der Waals surface area contributed by atoms with Crippen molar-refractivity contribution >= 4 is 5.97 Å². The summed E-state index contributed by atoms with van der Waals surface area (Å²) in [5.41, 5.74) is 3.28. The summed E-state index contributed by atoms with van der Waals surface area (Å²) in [5, 5.41) is 9.38. The highest BCUT2D eigenvalue weighted by molar-refractivity contribution is 5.80. The Morgan fingerprint density at radius 2 is 1.60 bits per heavy atom. The molecule has 2 atom stereocenters. The Kier molecular flexibility index (Phi) is 2.89. The average molecular weight is 266 g/mol. The van der Waals surface area contributed by atoms with E-state index in [4.69, 9.17) is 0 Å². The van der Waals surface area contributed by atoms with E-state index in [2.05, 4.69) is 24.3 Å². The van der Waals surface area contributed by atoms with Crippen molar-refractivity contribution in [3.8, 4) is 11.1 Å². The summed E-state index contributed by atoms with van der Waals surface area (Å²) in [7, 11) is 0. The van der Waals surface area contributed by atoms with E-state index in [-0.39, 0.29) is 17.3 Å². The van der Waals surface area contributed by atoms with Crippen LogP contribution in [0, 0.1) is 11.3 Å². The number of hydrogen-bond donors (Lipinski definition) is 1. The van der Waals surface area contributed by atoms with Crippen LogP contribution >= 0.6 is 0 Å². The highest BCUT2D eigenvalue weighted by Crippen LogP contribution is 2.65. The molecule has 2 nitrogen and oxygen atoms in total. The van der Waals surface area contributed by atoms with Gasteiger partial charge in [-0.15, -0.1) is 0 Å². The smallest absolute Gasteiger partial charge is 0.307 e. The molecule has 0 unspecified atom stereocenters. The highest BCUT2D eigenvalue weighted by atomic mass is 16.4. The number of hydrogen-bond acceptors (Lipinski definition) is 1. The number of carboxylic acid groups (broad SMARTS) is 1. The second-order valence-electron chi connectivity index (χ2n) is 6.07. The van der Waals surface area contributed by atoms with E-state index in [0.29, 0.717) is 0 Å². The fourth-order valence-electron chi connectivity index (χ4n) is 3.33. The molecule has 20 heavy (non-hydrogen) atoms. The van der Waals surface area contributed by atoms with Gasteiger partial charge < -0.3 is 5.11 Å². The summed E-state index contributed by atoms with van der Waals surface area (Å²) < 4.78 is 0. The molecule has 0 radical (unpaired) electrons. The third-order valence-corrected chi connectivity index (χ3v) is 4.47. The number of carboxylic acids is 1. The maximum absolute atomic E-state index is 11.4. The summed E-state index contributed by atoms with van der Waals surface area (Å²) in [5.74, 6) is -0.883. The average Bonchev–Trinajstić information content (AvgIpc) is 3.03. The summed E-state index contributed by atoms with van der Waals surface area (Å²) in [6.45, 7) is 4.08. The van der Waals surface area contributed by atoms with Crippen molar-refractivity contribution in [2.24, 2.45) is 11.3 Å². The molecule has 0 heterocycles. The van der Waals surface area contributed by atoms with Gasteiger partial charge in [0.2, 0.25) is 0 Å². The molecule has 1 saturated carbocycles. The molecule has 0 spiro atoms. The lowest BCUT2D eigenvalue weighted by molar-refractivity contribution is -0.139. The molecule has 3 rings (SSSR count). The second-order valence-corrected chi connectivity index (χ2v) is 6.07. The van der Waals surface area contributed by atoms with Crippen molar-refractivity contribution in [3.05, 3.63) is 60.2 Å². The third kappa shape index (κ3) is 1.92. The van der Waals surface area contributed by atoms with E-state index in [1.54, 1.807) is 0 Å².